The quantitative estimate of drug-likeness (QED) is 0.865. The topological polar surface area (TPSA) is 12.0 Å². The van der Waals surface area contributed by atoms with E-state index in [0.717, 1.165) is 11.6 Å². The molecule has 4 heteroatoms. The van der Waals surface area contributed by atoms with Gasteiger partial charge in [-0.25, -0.2) is 8.78 Å². The number of halogens is 2. The fourth-order valence-electron chi connectivity index (χ4n) is 1.96. The van der Waals surface area contributed by atoms with Gasteiger partial charge in [-0.2, -0.15) is 11.3 Å². The summed E-state index contributed by atoms with van der Waals surface area (Å²) >= 11 is 1.61. The molecular formula is C14H15F2NS. The zero-order valence-electron chi connectivity index (χ0n) is 10.1. The van der Waals surface area contributed by atoms with Crippen molar-refractivity contribution in [2.75, 3.05) is 6.54 Å². The van der Waals surface area contributed by atoms with Crippen LogP contribution in [0.4, 0.5) is 8.78 Å². The van der Waals surface area contributed by atoms with Gasteiger partial charge in [0.15, 0.2) is 0 Å². The standard InChI is InChI=1S/C14H15F2NS/c1-2-17-14(7-10-5-6-18-9-10)12-8-11(15)3-4-13(12)16/h3-6,8-9,14,17H,2,7H2,1H3. The second kappa shape index (κ2) is 6.07. The van der Waals surface area contributed by atoms with Gasteiger partial charge in [-0.1, -0.05) is 6.92 Å². The Morgan fingerprint density at radius 2 is 2.11 bits per heavy atom. The molecule has 0 radical (unpaired) electrons. The molecule has 1 N–H and O–H groups in total. The van der Waals surface area contributed by atoms with Gasteiger partial charge in [0.1, 0.15) is 11.6 Å². The molecule has 1 atom stereocenters. The molecule has 2 rings (SSSR count). The van der Waals surface area contributed by atoms with Crippen molar-refractivity contribution < 1.29 is 8.78 Å². The molecule has 2 aromatic rings. The third-order valence-corrected chi connectivity index (χ3v) is 3.54. The summed E-state index contributed by atoms with van der Waals surface area (Å²) in [7, 11) is 0. The first kappa shape index (κ1) is 13.2. The lowest BCUT2D eigenvalue weighted by atomic mass is 10.00. The number of nitrogens with one attached hydrogen (secondary N) is 1. The van der Waals surface area contributed by atoms with Gasteiger partial charge in [-0.3, -0.25) is 0 Å². The molecule has 0 bridgehead atoms. The van der Waals surface area contributed by atoms with Gasteiger partial charge in [0.05, 0.1) is 0 Å². The van der Waals surface area contributed by atoms with E-state index in [9.17, 15) is 8.78 Å². The van der Waals surface area contributed by atoms with Crippen molar-refractivity contribution in [1.82, 2.24) is 5.32 Å². The maximum absolute atomic E-state index is 13.8. The van der Waals surface area contributed by atoms with Crippen molar-refractivity contribution in [3.05, 3.63) is 57.8 Å². The van der Waals surface area contributed by atoms with Crippen LogP contribution in [0.25, 0.3) is 0 Å². The Kier molecular flexibility index (Phi) is 4.44. The SMILES string of the molecule is CCNC(Cc1ccsc1)c1cc(F)ccc1F. The van der Waals surface area contributed by atoms with Crippen molar-refractivity contribution in [2.24, 2.45) is 0 Å². The third kappa shape index (κ3) is 3.15. The second-order valence-corrected chi connectivity index (χ2v) is 4.89. The lowest BCUT2D eigenvalue weighted by molar-refractivity contribution is 0.502. The Balaban J connectivity index is 2.26. The summed E-state index contributed by atoms with van der Waals surface area (Å²) in [6, 6.07) is 5.41. The van der Waals surface area contributed by atoms with Crippen molar-refractivity contribution in [2.45, 2.75) is 19.4 Å². The molecule has 18 heavy (non-hydrogen) atoms. The van der Waals surface area contributed by atoms with Crippen molar-refractivity contribution in [3.8, 4) is 0 Å². The van der Waals surface area contributed by atoms with Crippen LogP contribution in [0.1, 0.15) is 24.1 Å². The molecule has 1 aromatic carbocycles. The number of hydrogen-bond acceptors (Lipinski definition) is 2. The number of rotatable bonds is 5. The van der Waals surface area contributed by atoms with E-state index in [1.165, 1.54) is 12.1 Å². The lowest BCUT2D eigenvalue weighted by Gasteiger charge is -2.18. The van der Waals surface area contributed by atoms with Crippen molar-refractivity contribution >= 4 is 11.3 Å². The van der Waals surface area contributed by atoms with E-state index in [1.807, 2.05) is 23.8 Å². The minimum atomic E-state index is -0.403. The molecule has 1 unspecified atom stereocenters. The number of likely N-dealkylation sites (N-methyl/N-ethyl adjacent to an activating group) is 1. The van der Waals surface area contributed by atoms with E-state index in [1.54, 1.807) is 11.3 Å². The van der Waals surface area contributed by atoms with Gasteiger partial charge >= 0.3 is 0 Å². The Morgan fingerprint density at radius 3 is 2.78 bits per heavy atom. The number of thiophene rings is 1. The summed E-state index contributed by atoms with van der Waals surface area (Å²) in [5, 5.41) is 7.22. The Bertz CT molecular complexity index is 497. The molecule has 1 heterocycles. The molecule has 0 aliphatic heterocycles. The van der Waals surface area contributed by atoms with Crippen molar-refractivity contribution in [1.29, 1.82) is 0 Å². The third-order valence-electron chi connectivity index (χ3n) is 2.80. The molecule has 0 fully saturated rings. The average molecular weight is 267 g/mol. The monoisotopic (exact) mass is 267 g/mol. The van der Waals surface area contributed by atoms with Crippen LogP contribution in [0.3, 0.4) is 0 Å². The number of benzene rings is 1. The maximum Gasteiger partial charge on any atom is 0.128 e. The van der Waals surface area contributed by atoms with E-state index in [4.69, 9.17) is 0 Å². The molecule has 0 saturated heterocycles. The van der Waals surface area contributed by atoms with Crippen LogP contribution in [0, 0.1) is 11.6 Å². The van der Waals surface area contributed by atoms with Gasteiger partial charge in [-0.05, 0) is 53.6 Å². The molecule has 0 aliphatic carbocycles. The smallest absolute Gasteiger partial charge is 0.128 e. The summed E-state index contributed by atoms with van der Waals surface area (Å²) < 4.78 is 27.0. The van der Waals surface area contributed by atoms with Crippen LogP contribution in [0.5, 0.6) is 0 Å². The zero-order chi connectivity index (χ0) is 13.0. The van der Waals surface area contributed by atoms with Crippen LogP contribution in [-0.2, 0) is 6.42 Å². The molecule has 0 amide bonds. The van der Waals surface area contributed by atoms with E-state index in [2.05, 4.69) is 5.32 Å². The fraction of sp³-hybridized carbons (Fsp3) is 0.286. The average Bonchev–Trinajstić information content (AvgIpc) is 2.85. The minimum Gasteiger partial charge on any atom is -0.310 e. The summed E-state index contributed by atoms with van der Waals surface area (Å²) in [6.45, 7) is 2.67. The van der Waals surface area contributed by atoms with Crippen molar-refractivity contribution in [3.63, 3.8) is 0 Å². The fourth-order valence-corrected chi connectivity index (χ4v) is 2.65. The molecule has 1 nitrogen and oxygen atoms in total. The lowest BCUT2D eigenvalue weighted by Crippen LogP contribution is -2.24. The first-order chi connectivity index (χ1) is 8.70. The summed E-state index contributed by atoms with van der Waals surface area (Å²) in [5.74, 6) is -0.766. The van der Waals surface area contributed by atoms with E-state index in [-0.39, 0.29) is 11.9 Å². The van der Waals surface area contributed by atoms with Crippen LogP contribution in [-0.4, -0.2) is 6.54 Å². The van der Waals surface area contributed by atoms with Crippen LogP contribution in [0.2, 0.25) is 0 Å². The maximum atomic E-state index is 13.8. The highest BCUT2D eigenvalue weighted by Crippen LogP contribution is 2.23. The molecule has 1 aromatic heterocycles. The summed E-state index contributed by atoms with van der Waals surface area (Å²) in [6.07, 6.45) is 0.664. The van der Waals surface area contributed by atoms with Gasteiger partial charge in [0.2, 0.25) is 0 Å². The van der Waals surface area contributed by atoms with Gasteiger partial charge in [0, 0.05) is 11.6 Å². The molecule has 0 aliphatic rings. The predicted octanol–water partition coefficient (Wildman–Crippen LogP) is 3.92. The highest BCUT2D eigenvalue weighted by atomic mass is 32.1. The van der Waals surface area contributed by atoms with Gasteiger partial charge in [0.25, 0.3) is 0 Å². The van der Waals surface area contributed by atoms with Crippen LogP contribution < -0.4 is 5.32 Å². The first-order valence-electron chi connectivity index (χ1n) is 5.90. The summed E-state index contributed by atoms with van der Waals surface area (Å²) in [4.78, 5) is 0. The Labute approximate surface area is 109 Å². The Hall–Kier alpha value is -1.26. The van der Waals surface area contributed by atoms with Gasteiger partial charge < -0.3 is 5.32 Å². The normalized spacial score (nSPS) is 12.6. The predicted molar refractivity (Wildman–Crippen MR) is 70.8 cm³/mol. The minimum absolute atomic E-state index is 0.194. The molecule has 0 saturated carbocycles. The van der Waals surface area contributed by atoms with E-state index < -0.39 is 5.82 Å². The van der Waals surface area contributed by atoms with Gasteiger partial charge in [-0.15, -0.1) is 0 Å². The van der Waals surface area contributed by atoms with Crippen LogP contribution in [0.15, 0.2) is 35.0 Å². The molecule has 96 valence electrons. The summed E-state index contributed by atoms with van der Waals surface area (Å²) in [5.41, 5.74) is 1.53. The van der Waals surface area contributed by atoms with Crippen LogP contribution >= 0.6 is 11.3 Å². The Morgan fingerprint density at radius 1 is 1.28 bits per heavy atom. The molecule has 0 spiro atoms. The van der Waals surface area contributed by atoms with E-state index in [0.29, 0.717) is 18.5 Å². The highest BCUT2D eigenvalue weighted by molar-refractivity contribution is 7.07. The number of hydrogen-bond donors (Lipinski definition) is 1. The first-order valence-corrected chi connectivity index (χ1v) is 6.84. The molecular weight excluding hydrogens is 252 g/mol. The highest BCUT2D eigenvalue weighted by Gasteiger charge is 2.16. The zero-order valence-corrected chi connectivity index (χ0v) is 10.9. The van der Waals surface area contributed by atoms with E-state index >= 15 is 0 Å². The largest absolute Gasteiger partial charge is 0.310 e. The second-order valence-electron chi connectivity index (χ2n) is 4.11.